The lowest BCUT2D eigenvalue weighted by molar-refractivity contribution is -0.0702. The molecule has 3 saturated heterocycles. The first-order valence-corrected chi connectivity index (χ1v) is 12.3. The first kappa shape index (κ1) is 22.8. The van der Waals surface area contributed by atoms with Crippen LogP contribution >= 0.6 is 0 Å². The predicted molar refractivity (Wildman–Crippen MR) is 121 cm³/mol. The number of hydrogen-bond donors (Lipinski definition) is 1. The van der Waals surface area contributed by atoms with Crippen molar-refractivity contribution in [2.75, 3.05) is 64.0 Å². The number of nitrogens with zero attached hydrogens (tertiary/aromatic N) is 4. The second-order valence-electron chi connectivity index (χ2n) is 10.1. The molecule has 1 amide bonds. The van der Waals surface area contributed by atoms with Crippen molar-refractivity contribution in [3.8, 4) is 0 Å². The summed E-state index contributed by atoms with van der Waals surface area (Å²) in [5, 5.41) is 11.2. The number of anilines is 1. The number of amides is 1. The number of halogens is 1. The van der Waals surface area contributed by atoms with Gasteiger partial charge in [0.15, 0.2) is 0 Å². The number of aliphatic hydroxyl groups is 1. The highest BCUT2D eigenvalue weighted by Gasteiger charge is 2.51. The van der Waals surface area contributed by atoms with E-state index in [1.807, 2.05) is 11.8 Å². The van der Waals surface area contributed by atoms with E-state index in [-0.39, 0.29) is 17.3 Å². The minimum atomic E-state index is -1.06. The molecule has 1 aliphatic carbocycles. The van der Waals surface area contributed by atoms with Gasteiger partial charge in [0.05, 0.1) is 24.2 Å². The summed E-state index contributed by atoms with van der Waals surface area (Å²) in [6.07, 6.45) is 5.40. The molecule has 1 spiro atoms. The van der Waals surface area contributed by atoms with Crippen LogP contribution in [0.15, 0.2) is 12.3 Å². The van der Waals surface area contributed by atoms with Gasteiger partial charge in [-0.1, -0.05) is 0 Å². The third-order valence-corrected chi connectivity index (χ3v) is 8.02. The van der Waals surface area contributed by atoms with E-state index in [1.54, 1.807) is 0 Å². The Morgan fingerprint density at radius 3 is 2.67 bits per heavy atom. The molecular formula is C24H35FN4O4. The van der Waals surface area contributed by atoms with Gasteiger partial charge in [0, 0.05) is 82.8 Å². The molecule has 4 fully saturated rings. The smallest absolute Gasteiger partial charge is 0.409 e. The van der Waals surface area contributed by atoms with Gasteiger partial charge in [-0.15, -0.1) is 0 Å². The first-order chi connectivity index (χ1) is 15.9. The van der Waals surface area contributed by atoms with Gasteiger partial charge in [0.25, 0.3) is 0 Å². The van der Waals surface area contributed by atoms with Gasteiger partial charge in [-0.3, -0.25) is 9.88 Å². The fraction of sp³-hybridized carbons (Fsp3) is 0.750. The van der Waals surface area contributed by atoms with E-state index in [4.69, 9.17) is 9.47 Å². The van der Waals surface area contributed by atoms with E-state index in [1.165, 1.54) is 12.3 Å². The van der Waals surface area contributed by atoms with E-state index in [0.29, 0.717) is 50.1 Å². The van der Waals surface area contributed by atoms with E-state index < -0.39 is 5.60 Å². The summed E-state index contributed by atoms with van der Waals surface area (Å²) >= 11 is 0. The number of aromatic nitrogens is 1. The Labute approximate surface area is 194 Å². The molecule has 182 valence electrons. The summed E-state index contributed by atoms with van der Waals surface area (Å²) in [6.45, 7) is 8.21. The van der Waals surface area contributed by atoms with Crippen LogP contribution in [0.25, 0.3) is 0 Å². The molecule has 1 N–H and O–H groups in total. The Kier molecular flexibility index (Phi) is 6.22. The number of likely N-dealkylation sites (tertiary alicyclic amines) is 1. The molecule has 4 aliphatic rings. The van der Waals surface area contributed by atoms with Crippen LogP contribution in [0.2, 0.25) is 0 Å². The van der Waals surface area contributed by atoms with Crippen molar-refractivity contribution >= 4 is 11.8 Å². The normalized spacial score (nSPS) is 26.9. The van der Waals surface area contributed by atoms with Crippen molar-refractivity contribution in [2.24, 2.45) is 5.41 Å². The standard InChI is InChI=1S/C24H35FN4O4/c1-2-33-22(30)29-16-23(17-29)4-3-19(14-23)27-7-9-28(10-8-27)20-13-18(25)15-26-21(20)24(31)5-11-32-12-6-24/h13,15,19,31H,2-12,14,16-17H2,1H3/t19-/m0/s1. The van der Waals surface area contributed by atoms with Gasteiger partial charge in [-0.25, -0.2) is 9.18 Å². The lowest BCUT2D eigenvalue weighted by Gasteiger charge is -2.48. The lowest BCUT2D eigenvalue weighted by atomic mass is 9.78. The molecule has 8 nitrogen and oxygen atoms in total. The summed E-state index contributed by atoms with van der Waals surface area (Å²) in [6, 6.07) is 2.05. The van der Waals surface area contributed by atoms with Crippen molar-refractivity contribution in [1.29, 1.82) is 0 Å². The number of piperazine rings is 1. The highest BCUT2D eigenvalue weighted by Crippen LogP contribution is 2.47. The Balaban J connectivity index is 1.20. The summed E-state index contributed by atoms with van der Waals surface area (Å²) < 4.78 is 24.7. The lowest BCUT2D eigenvalue weighted by Crippen LogP contribution is -2.58. The maximum Gasteiger partial charge on any atom is 0.409 e. The summed E-state index contributed by atoms with van der Waals surface area (Å²) in [7, 11) is 0. The molecule has 0 radical (unpaired) electrons. The van der Waals surface area contributed by atoms with Crippen molar-refractivity contribution in [2.45, 2.75) is 50.7 Å². The van der Waals surface area contributed by atoms with Crippen LogP contribution in [-0.4, -0.2) is 91.1 Å². The Hall–Kier alpha value is -1.97. The predicted octanol–water partition coefficient (Wildman–Crippen LogP) is 2.35. The van der Waals surface area contributed by atoms with Crippen LogP contribution in [0.4, 0.5) is 14.9 Å². The Bertz CT molecular complexity index is 864. The van der Waals surface area contributed by atoms with Crippen molar-refractivity contribution in [3.63, 3.8) is 0 Å². The number of rotatable bonds is 4. The number of pyridine rings is 1. The zero-order chi connectivity index (χ0) is 23.1. The highest BCUT2D eigenvalue weighted by atomic mass is 19.1. The average molecular weight is 463 g/mol. The molecule has 1 atom stereocenters. The molecule has 9 heteroatoms. The van der Waals surface area contributed by atoms with Crippen LogP contribution in [-0.2, 0) is 15.1 Å². The van der Waals surface area contributed by atoms with Crippen LogP contribution in [0.1, 0.15) is 44.7 Å². The zero-order valence-electron chi connectivity index (χ0n) is 19.5. The quantitative estimate of drug-likeness (QED) is 0.736. The monoisotopic (exact) mass is 462 g/mol. The van der Waals surface area contributed by atoms with Gasteiger partial charge >= 0.3 is 6.09 Å². The second-order valence-corrected chi connectivity index (χ2v) is 10.1. The maximum atomic E-state index is 14.1. The molecular weight excluding hydrogens is 427 g/mol. The maximum absolute atomic E-state index is 14.1. The molecule has 3 aliphatic heterocycles. The van der Waals surface area contributed by atoms with E-state index in [2.05, 4.69) is 14.8 Å². The number of hydrogen-bond acceptors (Lipinski definition) is 7. The summed E-state index contributed by atoms with van der Waals surface area (Å²) in [5.41, 5.74) is 0.478. The van der Waals surface area contributed by atoms with Crippen LogP contribution in [0.5, 0.6) is 0 Å². The molecule has 1 aromatic rings. The van der Waals surface area contributed by atoms with E-state index in [9.17, 15) is 14.3 Å². The minimum Gasteiger partial charge on any atom is -0.450 e. The number of carbonyl (C=O) groups excluding carboxylic acids is 1. The topological polar surface area (TPSA) is 78.4 Å². The third kappa shape index (κ3) is 4.42. The SMILES string of the molecule is CCOC(=O)N1CC2(CC[C@H](N3CCN(c4cc(F)cnc4C4(O)CCOCC4)CC3)C2)C1. The van der Waals surface area contributed by atoms with E-state index in [0.717, 1.165) is 58.5 Å². The van der Waals surface area contributed by atoms with Crippen molar-refractivity contribution in [1.82, 2.24) is 14.8 Å². The van der Waals surface area contributed by atoms with Gasteiger partial charge in [-0.05, 0) is 26.2 Å². The zero-order valence-corrected chi connectivity index (χ0v) is 19.5. The number of carbonyl (C=O) groups is 1. The Morgan fingerprint density at radius 2 is 1.97 bits per heavy atom. The molecule has 33 heavy (non-hydrogen) atoms. The van der Waals surface area contributed by atoms with E-state index >= 15 is 0 Å². The van der Waals surface area contributed by atoms with Crippen LogP contribution in [0, 0.1) is 11.2 Å². The van der Waals surface area contributed by atoms with Crippen molar-refractivity contribution in [3.05, 3.63) is 23.8 Å². The number of ether oxygens (including phenoxy) is 2. The molecule has 4 heterocycles. The first-order valence-electron chi connectivity index (χ1n) is 12.3. The highest BCUT2D eigenvalue weighted by molar-refractivity contribution is 5.69. The van der Waals surface area contributed by atoms with Gasteiger partial charge < -0.3 is 24.4 Å². The molecule has 0 bridgehead atoms. The molecule has 1 saturated carbocycles. The second kappa shape index (κ2) is 9.00. The average Bonchev–Trinajstić information content (AvgIpc) is 3.25. The minimum absolute atomic E-state index is 0.189. The molecule has 1 aromatic heterocycles. The third-order valence-electron chi connectivity index (χ3n) is 8.02. The molecule has 5 rings (SSSR count). The summed E-state index contributed by atoms with van der Waals surface area (Å²) in [5.74, 6) is -0.374. The van der Waals surface area contributed by atoms with Crippen LogP contribution in [0.3, 0.4) is 0 Å². The van der Waals surface area contributed by atoms with Gasteiger partial charge in [0.1, 0.15) is 11.4 Å². The fourth-order valence-corrected chi connectivity index (χ4v) is 6.18. The Morgan fingerprint density at radius 1 is 1.24 bits per heavy atom. The summed E-state index contributed by atoms with van der Waals surface area (Å²) in [4.78, 5) is 22.8. The molecule has 0 aromatic carbocycles. The van der Waals surface area contributed by atoms with Gasteiger partial charge in [-0.2, -0.15) is 0 Å². The van der Waals surface area contributed by atoms with Crippen LogP contribution < -0.4 is 4.90 Å². The fourth-order valence-electron chi connectivity index (χ4n) is 6.18. The van der Waals surface area contributed by atoms with Crippen molar-refractivity contribution < 1.29 is 23.8 Å². The van der Waals surface area contributed by atoms with Gasteiger partial charge in [0.2, 0.25) is 0 Å². The molecule has 0 unspecified atom stereocenters. The largest absolute Gasteiger partial charge is 0.450 e.